The molecule has 1 atom stereocenters. The van der Waals surface area contributed by atoms with Crippen molar-refractivity contribution in [1.29, 1.82) is 0 Å². The molecule has 0 spiro atoms. The Morgan fingerprint density at radius 1 is 1.27 bits per heavy atom. The Morgan fingerprint density at radius 2 is 2.09 bits per heavy atom. The summed E-state index contributed by atoms with van der Waals surface area (Å²) in [6.07, 6.45) is 4.81. The number of carboxylic acids is 1. The lowest BCUT2D eigenvalue weighted by atomic mass is 9.97. The van der Waals surface area contributed by atoms with Crippen molar-refractivity contribution in [3.63, 3.8) is 0 Å². The molecule has 3 aromatic heterocycles. The Kier molecular flexibility index (Phi) is 8.01. The van der Waals surface area contributed by atoms with E-state index in [1.165, 1.54) is 6.20 Å². The number of hydrogen-bond acceptors (Lipinski definition) is 9. The SMILES string of the molecule is CNc1cc(F)c(F)c2c1Cc1ncc(-c3cnc4c(c3)c(=O)c(C(=O)O)cn4CC3COCCN3)c(N(C)CCOC)c1-2. The van der Waals surface area contributed by atoms with Crippen LogP contribution in [0.4, 0.5) is 20.2 Å². The van der Waals surface area contributed by atoms with Crippen molar-refractivity contribution in [3.05, 3.63) is 69.4 Å². The number of carbonyl (C=O) groups is 1. The molecule has 44 heavy (non-hydrogen) atoms. The van der Waals surface area contributed by atoms with Gasteiger partial charge in [-0.1, -0.05) is 0 Å². The number of benzene rings is 1. The number of ether oxygens (including phenoxy) is 2. The van der Waals surface area contributed by atoms with Gasteiger partial charge in [0.25, 0.3) is 0 Å². The number of nitrogens with zero attached hydrogens (tertiary/aromatic N) is 4. The first-order chi connectivity index (χ1) is 21.2. The van der Waals surface area contributed by atoms with Crippen molar-refractivity contribution in [1.82, 2.24) is 19.9 Å². The highest BCUT2D eigenvalue weighted by atomic mass is 19.2. The Morgan fingerprint density at radius 3 is 2.80 bits per heavy atom. The minimum absolute atomic E-state index is 0.0996. The van der Waals surface area contributed by atoms with Gasteiger partial charge >= 0.3 is 5.97 Å². The van der Waals surface area contributed by atoms with E-state index in [1.54, 1.807) is 37.2 Å². The van der Waals surface area contributed by atoms with Crippen LogP contribution in [0.15, 0.2) is 35.5 Å². The number of fused-ring (bicyclic) bond motifs is 4. The first-order valence-electron chi connectivity index (χ1n) is 14.2. The molecule has 230 valence electrons. The van der Waals surface area contributed by atoms with Gasteiger partial charge in [0.2, 0.25) is 5.43 Å². The smallest absolute Gasteiger partial charge is 0.341 e. The number of morpholine rings is 1. The number of likely N-dealkylation sites (N-methyl/N-ethyl adjacent to an activating group) is 1. The molecule has 0 radical (unpaired) electrons. The molecule has 1 fully saturated rings. The quantitative estimate of drug-likeness (QED) is 0.230. The summed E-state index contributed by atoms with van der Waals surface area (Å²) in [6, 6.07) is 2.63. The van der Waals surface area contributed by atoms with Gasteiger partial charge in [0, 0.05) is 106 Å². The summed E-state index contributed by atoms with van der Waals surface area (Å²) in [5.41, 5.74) is 3.03. The predicted molar refractivity (Wildman–Crippen MR) is 162 cm³/mol. The molecule has 1 saturated heterocycles. The minimum Gasteiger partial charge on any atom is -0.477 e. The monoisotopic (exact) mass is 606 g/mol. The Balaban J connectivity index is 1.57. The zero-order valence-electron chi connectivity index (χ0n) is 24.5. The van der Waals surface area contributed by atoms with Crippen LogP contribution in [0, 0.1) is 11.6 Å². The molecule has 1 unspecified atom stereocenters. The van der Waals surface area contributed by atoms with Crippen LogP contribution in [-0.2, 0) is 22.4 Å². The third kappa shape index (κ3) is 5.06. The topological polar surface area (TPSA) is 131 Å². The molecule has 1 aliphatic carbocycles. The Bertz CT molecular complexity index is 1840. The summed E-state index contributed by atoms with van der Waals surface area (Å²) in [7, 11) is 5.04. The molecule has 0 amide bonds. The van der Waals surface area contributed by atoms with Gasteiger partial charge in [-0.15, -0.1) is 0 Å². The van der Waals surface area contributed by atoms with Crippen LogP contribution < -0.4 is 21.0 Å². The summed E-state index contributed by atoms with van der Waals surface area (Å²) >= 11 is 0. The van der Waals surface area contributed by atoms with Crippen LogP contribution >= 0.6 is 0 Å². The van der Waals surface area contributed by atoms with E-state index in [4.69, 9.17) is 9.47 Å². The van der Waals surface area contributed by atoms with Crippen molar-refractivity contribution >= 4 is 28.4 Å². The average Bonchev–Trinajstić information content (AvgIpc) is 3.42. The van der Waals surface area contributed by atoms with E-state index in [-0.39, 0.29) is 22.6 Å². The molecule has 1 aliphatic heterocycles. The van der Waals surface area contributed by atoms with Gasteiger partial charge in [-0.3, -0.25) is 9.78 Å². The number of methoxy groups -OCH3 is 1. The second-order valence-corrected chi connectivity index (χ2v) is 10.9. The lowest BCUT2D eigenvalue weighted by Gasteiger charge is -2.26. The fourth-order valence-electron chi connectivity index (χ4n) is 6.07. The van der Waals surface area contributed by atoms with E-state index in [1.807, 2.05) is 11.9 Å². The molecule has 0 saturated carbocycles. The molecule has 4 aromatic rings. The lowest BCUT2D eigenvalue weighted by Crippen LogP contribution is -2.44. The molecule has 11 nitrogen and oxygen atoms in total. The second kappa shape index (κ2) is 11.9. The van der Waals surface area contributed by atoms with Crippen molar-refractivity contribution in [2.24, 2.45) is 0 Å². The number of hydrogen-bond donors (Lipinski definition) is 3. The maximum Gasteiger partial charge on any atom is 0.341 e. The van der Waals surface area contributed by atoms with Crippen molar-refractivity contribution < 1.29 is 28.2 Å². The average molecular weight is 607 g/mol. The zero-order valence-corrected chi connectivity index (χ0v) is 24.5. The number of halogens is 2. The second-order valence-electron chi connectivity index (χ2n) is 10.9. The van der Waals surface area contributed by atoms with E-state index in [9.17, 15) is 19.1 Å². The maximum absolute atomic E-state index is 15.5. The van der Waals surface area contributed by atoms with E-state index >= 15 is 4.39 Å². The molecule has 4 heterocycles. The molecule has 3 N–H and O–H groups in total. The Hall–Kier alpha value is -4.46. The van der Waals surface area contributed by atoms with Crippen LogP contribution in [0.5, 0.6) is 0 Å². The summed E-state index contributed by atoms with van der Waals surface area (Å²) in [5.74, 6) is -3.30. The van der Waals surface area contributed by atoms with E-state index in [0.29, 0.717) is 90.8 Å². The molecular weight excluding hydrogens is 574 g/mol. The summed E-state index contributed by atoms with van der Waals surface area (Å²) < 4.78 is 42.9. The van der Waals surface area contributed by atoms with Gasteiger partial charge in [-0.25, -0.2) is 18.6 Å². The molecule has 0 bridgehead atoms. The summed E-state index contributed by atoms with van der Waals surface area (Å²) in [5, 5.41) is 16.3. The van der Waals surface area contributed by atoms with Crippen molar-refractivity contribution in [2.45, 2.75) is 19.0 Å². The minimum atomic E-state index is -1.35. The van der Waals surface area contributed by atoms with Crippen LogP contribution in [0.2, 0.25) is 0 Å². The normalized spacial score (nSPS) is 15.7. The van der Waals surface area contributed by atoms with E-state index in [0.717, 1.165) is 6.07 Å². The number of aromatic nitrogens is 3. The molecular formula is C31H32F2N6O5. The molecule has 2 aliphatic rings. The van der Waals surface area contributed by atoms with Gasteiger partial charge in [0.15, 0.2) is 11.6 Å². The third-order valence-electron chi connectivity index (χ3n) is 8.20. The number of rotatable bonds is 9. The standard InChI is InChI=1S/C31H32F2N6O5/c1-34-23-10-22(32)27(33)25-18(23)9-24-26(25)28(38(2)5-7-43-3)20(12-36-24)16-8-19-29(40)21(31(41)42)14-39(30(19)37-11-16)13-17-15-44-6-4-35-17/h8,10-12,14,17,34-35H,4-7,9,13,15H2,1-3H3,(H,41,42). The van der Waals surface area contributed by atoms with Crippen molar-refractivity contribution in [3.8, 4) is 22.3 Å². The van der Waals surface area contributed by atoms with Gasteiger partial charge in [0.05, 0.1) is 36.6 Å². The molecule has 1 aromatic carbocycles. The van der Waals surface area contributed by atoms with Gasteiger partial charge < -0.3 is 34.7 Å². The highest BCUT2D eigenvalue weighted by molar-refractivity contribution is 5.98. The summed E-state index contributed by atoms with van der Waals surface area (Å²) in [6.45, 7) is 2.77. The van der Waals surface area contributed by atoms with E-state index in [2.05, 4.69) is 20.6 Å². The van der Waals surface area contributed by atoms with Crippen molar-refractivity contribution in [2.75, 3.05) is 64.3 Å². The first kappa shape index (κ1) is 29.6. The van der Waals surface area contributed by atoms with Gasteiger partial charge in [-0.2, -0.15) is 0 Å². The highest BCUT2D eigenvalue weighted by Crippen LogP contribution is 2.49. The first-order valence-corrected chi connectivity index (χ1v) is 14.2. The van der Waals surface area contributed by atoms with Crippen LogP contribution in [0.25, 0.3) is 33.3 Å². The van der Waals surface area contributed by atoms with Crippen LogP contribution in [0.1, 0.15) is 21.6 Å². The summed E-state index contributed by atoms with van der Waals surface area (Å²) in [4.78, 5) is 36.7. The number of nitrogens with one attached hydrogen (secondary N) is 2. The predicted octanol–water partition coefficient (Wildman–Crippen LogP) is 3.12. The zero-order chi connectivity index (χ0) is 31.1. The fourth-order valence-corrected chi connectivity index (χ4v) is 6.07. The number of anilines is 2. The van der Waals surface area contributed by atoms with Gasteiger partial charge in [-0.05, 0) is 11.6 Å². The number of carboxylic acid groups (broad SMARTS) is 1. The number of aromatic carboxylic acids is 1. The van der Waals surface area contributed by atoms with Gasteiger partial charge in [0.1, 0.15) is 11.2 Å². The fraction of sp³-hybridized carbons (Fsp3) is 0.355. The number of pyridine rings is 3. The van der Waals surface area contributed by atoms with E-state index < -0.39 is 23.0 Å². The van der Waals surface area contributed by atoms with Crippen LogP contribution in [0.3, 0.4) is 0 Å². The van der Waals surface area contributed by atoms with Crippen LogP contribution in [-0.4, -0.2) is 85.8 Å². The largest absolute Gasteiger partial charge is 0.477 e. The third-order valence-corrected chi connectivity index (χ3v) is 8.20. The maximum atomic E-state index is 15.5. The molecule has 13 heteroatoms. The molecule has 6 rings (SSSR count). The highest BCUT2D eigenvalue weighted by Gasteiger charge is 2.33. The Labute approximate surface area is 251 Å². The lowest BCUT2D eigenvalue weighted by molar-refractivity contribution is 0.0690.